The third kappa shape index (κ3) is 5.99. The van der Waals surface area contributed by atoms with Crippen LogP contribution in [0.2, 0.25) is 5.02 Å². The number of nitrogens with two attached hydrogens (primary N) is 1. The predicted octanol–water partition coefficient (Wildman–Crippen LogP) is 1.30. The summed E-state index contributed by atoms with van der Waals surface area (Å²) in [5.41, 5.74) is 7.84. The van der Waals surface area contributed by atoms with E-state index in [0.717, 1.165) is 0 Å². The van der Waals surface area contributed by atoms with Crippen molar-refractivity contribution in [3.05, 3.63) is 53.1 Å². The van der Waals surface area contributed by atoms with E-state index in [-0.39, 0.29) is 12.4 Å². The molecule has 0 fully saturated rings. The SMILES string of the molecule is COc1ccccc1NC(=O)C(=O)N/N=C\c1cc(Cl)ccc1OCC(N)=O. The number of nitrogens with zero attached hydrogens (tertiary/aromatic N) is 1. The van der Waals surface area contributed by atoms with Crippen LogP contribution < -0.4 is 25.9 Å². The molecule has 2 aromatic rings. The second-order valence-corrected chi connectivity index (χ2v) is 5.73. The molecule has 0 aliphatic carbocycles. The summed E-state index contributed by atoms with van der Waals surface area (Å²) < 4.78 is 10.3. The lowest BCUT2D eigenvalue weighted by molar-refractivity contribution is -0.136. The van der Waals surface area contributed by atoms with Gasteiger partial charge in [0.25, 0.3) is 5.91 Å². The minimum atomic E-state index is -0.996. The number of para-hydroxylation sites is 2. The molecule has 28 heavy (non-hydrogen) atoms. The molecule has 4 N–H and O–H groups in total. The molecule has 0 saturated heterocycles. The zero-order valence-corrected chi connectivity index (χ0v) is 15.5. The molecule has 0 radical (unpaired) electrons. The topological polar surface area (TPSA) is 132 Å². The van der Waals surface area contributed by atoms with E-state index >= 15 is 0 Å². The number of carbonyl (C=O) groups is 3. The van der Waals surface area contributed by atoms with Gasteiger partial charge in [0, 0.05) is 10.6 Å². The molecule has 0 heterocycles. The lowest BCUT2D eigenvalue weighted by atomic mass is 10.2. The molecular formula is C18H17ClN4O5. The number of rotatable bonds is 7. The van der Waals surface area contributed by atoms with Crippen LogP contribution in [0.5, 0.6) is 11.5 Å². The zero-order chi connectivity index (χ0) is 20.5. The largest absolute Gasteiger partial charge is 0.495 e. The van der Waals surface area contributed by atoms with Gasteiger partial charge < -0.3 is 20.5 Å². The second kappa shape index (κ2) is 9.93. The van der Waals surface area contributed by atoms with Crippen molar-refractivity contribution >= 4 is 41.2 Å². The molecule has 2 aromatic carbocycles. The van der Waals surface area contributed by atoms with Gasteiger partial charge in [-0.15, -0.1) is 0 Å². The molecule has 146 valence electrons. The summed E-state index contributed by atoms with van der Waals surface area (Å²) in [5.74, 6) is -1.90. The first-order valence-corrected chi connectivity index (χ1v) is 8.26. The molecule has 3 amide bonds. The van der Waals surface area contributed by atoms with E-state index < -0.39 is 17.7 Å². The maximum absolute atomic E-state index is 12.0. The lowest BCUT2D eigenvalue weighted by Gasteiger charge is -2.09. The number of carbonyl (C=O) groups excluding carboxylic acids is 3. The maximum atomic E-state index is 12.0. The lowest BCUT2D eigenvalue weighted by Crippen LogP contribution is -2.32. The van der Waals surface area contributed by atoms with Crippen molar-refractivity contribution < 1.29 is 23.9 Å². The van der Waals surface area contributed by atoms with E-state index in [1.165, 1.54) is 25.5 Å². The smallest absolute Gasteiger partial charge is 0.329 e. The van der Waals surface area contributed by atoms with Crippen molar-refractivity contribution in [2.45, 2.75) is 0 Å². The summed E-state index contributed by atoms with van der Waals surface area (Å²) in [7, 11) is 1.44. The minimum absolute atomic E-state index is 0.277. The van der Waals surface area contributed by atoms with Crippen molar-refractivity contribution in [1.82, 2.24) is 5.43 Å². The fraction of sp³-hybridized carbons (Fsp3) is 0.111. The molecule has 0 aromatic heterocycles. The molecule has 2 rings (SSSR count). The highest BCUT2D eigenvalue weighted by Crippen LogP contribution is 2.23. The Morgan fingerprint density at radius 1 is 1.14 bits per heavy atom. The summed E-state index contributed by atoms with van der Waals surface area (Å²) in [6.07, 6.45) is 1.22. The molecule has 0 aliphatic heterocycles. The van der Waals surface area contributed by atoms with E-state index in [0.29, 0.717) is 22.0 Å². The van der Waals surface area contributed by atoms with Crippen LogP contribution in [-0.2, 0) is 14.4 Å². The quantitative estimate of drug-likeness (QED) is 0.363. The number of hydrazone groups is 1. The predicted molar refractivity (Wildman–Crippen MR) is 104 cm³/mol. The number of hydrogen-bond acceptors (Lipinski definition) is 6. The Morgan fingerprint density at radius 3 is 2.61 bits per heavy atom. The molecule has 10 heteroatoms. The van der Waals surface area contributed by atoms with Gasteiger partial charge in [-0.05, 0) is 30.3 Å². The first kappa shape index (κ1) is 20.7. The number of anilines is 1. The Morgan fingerprint density at radius 2 is 1.89 bits per heavy atom. The molecule has 0 aliphatic rings. The third-order valence-electron chi connectivity index (χ3n) is 3.27. The van der Waals surface area contributed by atoms with Crippen molar-refractivity contribution in [3.63, 3.8) is 0 Å². The van der Waals surface area contributed by atoms with Gasteiger partial charge in [-0.2, -0.15) is 5.10 Å². The van der Waals surface area contributed by atoms with Crippen molar-refractivity contribution in [2.75, 3.05) is 19.0 Å². The van der Waals surface area contributed by atoms with E-state index in [2.05, 4.69) is 15.8 Å². The van der Waals surface area contributed by atoms with Crippen molar-refractivity contribution in [1.29, 1.82) is 0 Å². The monoisotopic (exact) mass is 404 g/mol. The van der Waals surface area contributed by atoms with Crippen LogP contribution in [0.15, 0.2) is 47.6 Å². The Bertz CT molecular complexity index is 917. The number of primary amides is 1. The molecule has 0 spiro atoms. The van der Waals surface area contributed by atoms with Crippen LogP contribution in [0, 0.1) is 0 Å². The Kier molecular flexibility index (Phi) is 7.35. The van der Waals surface area contributed by atoms with Crippen LogP contribution in [-0.4, -0.2) is 37.7 Å². The summed E-state index contributed by atoms with van der Waals surface area (Å²) >= 11 is 5.92. The number of methoxy groups -OCH3 is 1. The van der Waals surface area contributed by atoms with Crippen LogP contribution in [0.1, 0.15) is 5.56 Å². The first-order chi connectivity index (χ1) is 13.4. The molecule has 0 saturated carbocycles. The Balaban J connectivity index is 2.01. The first-order valence-electron chi connectivity index (χ1n) is 7.88. The average molecular weight is 405 g/mol. The van der Waals surface area contributed by atoms with Gasteiger partial charge >= 0.3 is 11.8 Å². The Hall–Kier alpha value is -3.59. The molecular weight excluding hydrogens is 388 g/mol. The fourth-order valence-electron chi connectivity index (χ4n) is 2.04. The fourth-order valence-corrected chi connectivity index (χ4v) is 2.22. The summed E-state index contributed by atoms with van der Waals surface area (Å²) in [6, 6.07) is 11.2. The molecule has 0 atom stereocenters. The summed E-state index contributed by atoms with van der Waals surface area (Å²) in [6.45, 7) is -0.337. The van der Waals surface area contributed by atoms with E-state index in [4.69, 9.17) is 26.8 Å². The van der Waals surface area contributed by atoms with Crippen LogP contribution in [0.4, 0.5) is 5.69 Å². The number of halogens is 1. The Labute approximate surface area is 165 Å². The number of nitrogens with one attached hydrogen (secondary N) is 2. The van der Waals surface area contributed by atoms with Gasteiger partial charge in [0.05, 0.1) is 19.0 Å². The number of hydrogen-bond donors (Lipinski definition) is 3. The highest BCUT2D eigenvalue weighted by Gasteiger charge is 2.15. The van der Waals surface area contributed by atoms with Crippen LogP contribution in [0.25, 0.3) is 0 Å². The minimum Gasteiger partial charge on any atom is -0.495 e. The molecule has 0 unspecified atom stereocenters. The van der Waals surface area contributed by atoms with E-state index in [9.17, 15) is 14.4 Å². The van der Waals surface area contributed by atoms with E-state index in [1.54, 1.807) is 30.3 Å². The number of benzene rings is 2. The standard InChI is InChI=1S/C18H17ClN4O5/c1-27-15-5-3-2-4-13(15)22-17(25)18(26)23-21-9-11-8-12(19)6-7-14(11)28-10-16(20)24/h2-9H,10H2,1H3,(H2,20,24)(H,22,25)(H,23,26)/b21-9-. The zero-order valence-electron chi connectivity index (χ0n) is 14.8. The normalized spacial score (nSPS) is 10.4. The van der Waals surface area contributed by atoms with Gasteiger partial charge in [0.2, 0.25) is 0 Å². The van der Waals surface area contributed by atoms with Gasteiger partial charge in [0.1, 0.15) is 11.5 Å². The summed E-state index contributed by atoms with van der Waals surface area (Å²) in [5, 5.41) is 6.50. The average Bonchev–Trinajstić information content (AvgIpc) is 2.67. The second-order valence-electron chi connectivity index (χ2n) is 5.29. The molecule has 0 bridgehead atoms. The van der Waals surface area contributed by atoms with E-state index in [1.807, 2.05) is 0 Å². The number of ether oxygens (including phenoxy) is 2. The van der Waals surface area contributed by atoms with Gasteiger partial charge in [-0.25, -0.2) is 5.43 Å². The maximum Gasteiger partial charge on any atom is 0.329 e. The number of amides is 3. The van der Waals surface area contributed by atoms with Crippen molar-refractivity contribution in [2.24, 2.45) is 10.8 Å². The highest BCUT2D eigenvalue weighted by atomic mass is 35.5. The van der Waals surface area contributed by atoms with Gasteiger partial charge in [-0.1, -0.05) is 23.7 Å². The molecule has 9 nitrogen and oxygen atoms in total. The van der Waals surface area contributed by atoms with Crippen LogP contribution >= 0.6 is 11.6 Å². The van der Waals surface area contributed by atoms with Crippen molar-refractivity contribution in [3.8, 4) is 11.5 Å². The summed E-state index contributed by atoms with van der Waals surface area (Å²) in [4.78, 5) is 34.7. The van der Waals surface area contributed by atoms with Gasteiger partial charge in [0.15, 0.2) is 6.61 Å². The van der Waals surface area contributed by atoms with Gasteiger partial charge in [-0.3, -0.25) is 14.4 Å². The highest BCUT2D eigenvalue weighted by molar-refractivity contribution is 6.39. The third-order valence-corrected chi connectivity index (χ3v) is 3.51. The van der Waals surface area contributed by atoms with Crippen LogP contribution in [0.3, 0.4) is 0 Å².